The van der Waals surface area contributed by atoms with Gasteiger partial charge in [-0.2, -0.15) is 15.3 Å². The second kappa shape index (κ2) is 7.54. The molecule has 4 N–H and O–H groups in total. The first-order valence-electron chi connectivity index (χ1n) is 9.91. The predicted molar refractivity (Wildman–Crippen MR) is 115 cm³/mol. The topological polar surface area (TPSA) is 119 Å². The highest BCUT2D eigenvalue weighted by molar-refractivity contribution is 6.60. The van der Waals surface area contributed by atoms with Gasteiger partial charge in [-0.25, -0.2) is 13.5 Å². The van der Waals surface area contributed by atoms with Crippen molar-refractivity contribution in [3.63, 3.8) is 0 Å². The number of nitrogens with zero attached hydrogens (tertiary/aromatic N) is 4. The van der Waals surface area contributed by atoms with E-state index in [2.05, 4.69) is 15.3 Å². The summed E-state index contributed by atoms with van der Waals surface area (Å²) in [5.74, 6) is -2.65. The fraction of sp³-hybridized carbons (Fsp3) is 0.190. The number of benzene rings is 2. The van der Waals surface area contributed by atoms with Crippen molar-refractivity contribution in [3.8, 4) is 22.6 Å². The number of ether oxygens (including phenoxy) is 1. The molecule has 5 rings (SSSR count). The molecule has 162 valence electrons. The minimum atomic E-state index is -2.76. The van der Waals surface area contributed by atoms with Crippen LogP contribution in [0.3, 0.4) is 0 Å². The van der Waals surface area contributed by atoms with E-state index in [9.17, 15) is 18.8 Å². The summed E-state index contributed by atoms with van der Waals surface area (Å²) >= 11 is 0. The highest BCUT2D eigenvalue weighted by Gasteiger charge is 2.47. The standard InChI is InChI=1S/C21H18BF2N5O3/c23-21(24)9-13(10-21)32-20-8-19(29-5-1-4-27-29)15(7-16(20)22(30)31)12-2-3-14-17(25)11-26-28-18(14)6-12/h1-8,11,13,30-31H,9-10H2,(H2,25,28). The van der Waals surface area contributed by atoms with Gasteiger partial charge < -0.3 is 20.5 Å². The van der Waals surface area contributed by atoms with Crippen molar-refractivity contribution in [1.82, 2.24) is 20.0 Å². The highest BCUT2D eigenvalue weighted by Crippen LogP contribution is 2.40. The molecule has 2 aromatic heterocycles. The molecule has 1 aliphatic carbocycles. The van der Waals surface area contributed by atoms with Crippen LogP contribution in [0.1, 0.15) is 12.8 Å². The summed E-state index contributed by atoms with van der Waals surface area (Å²) in [5, 5.41) is 33.0. The first-order valence-corrected chi connectivity index (χ1v) is 9.91. The quantitative estimate of drug-likeness (QED) is 0.408. The zero-order chi connectivity index (χ0) is 22.5. The molecule has 1 aliphatic rings. The van der Waals surface area contributed by atoms with Gasteiger partial charge in [0.1, 0.15) is 11.9 Å². The Morgan fingerprint density at radius 2 is 2.00 bits per heavy atom. The zero-order valence-electron chi connectivity index (χ0n) is 16.7. The monoisotopic (exact) mass is 437 g/mol. The van der Waals surface area contributed by atoms with Crippen LogP contribution in [0, 0.1) is 0 Å². The second-order valence-corrected chi connectivity index (χ2v) is 7.77. The molecule has 0 amide bonds. The zero-order valence-corrected chi connectivity index (χ0v) is 16.7. The number of alkyl halides is 2. The SMILES string of the molecule is Nc1cnnc2cc(-c3cc(B(O)O)c(OC4CC(F)(F)C4)cc3-n3cccn3)ccc12. The molecule has 2 heterocycles. The number of rotatable bonds is 5. The van der Waals surface area contributed by atoms with Crippen LogP contribution in [-0.2, 0) is 0 Å². The van der Waals surface area contributed by atoms with Gasteiger partial charge in [-0.3, -0.25) is 0 Å². The van der Waals surface area contributed by atoms with Crippen LogP contribution < -0.4 is 15.9 Å². The lowest BCUT2D eigenvalue weighted by Crippen LogP contribution is -2.44. The lowest BCUT2D eigenvalue weighted by atomic mass is 9.77. The van der Waals surface area contributed by atoms with E-state index in [1.165, 1.54) is 6.20 Å². The van der Waals surface area contributed by atoms with Crippen LogP contribution >= 0.6 is 0 Å². The Morgan fingerprint density at radius 3 is 2.69 bits per heavy atom. The van der Waals surface area contributed by atoms with Crippen molar-refractivity contribution < 1.29 is 23.6 Å². The minimum absolute atomic E-state index is 0.0601. The highest BCUT2D eigenvalue weighted by atomic mass is 19.3. The molecule has 0 saturated heterocycles. The van der Waals surface area contributed by atoms with Crippen LogP contribution in [0.2, 0.25) is 0 Å². The third-order valence-corrected chi connectivity index (χ3v) is 5.49. The Hall–Kier alpha value is -3.57. The van der Waals surface area contributed by atoms with Crippen molar-refractivity contribution in [3.05, 3.63) is 55.0 Å². The third-order valence-electron chi connectivity index (χ3n) is 5.49. The van der Waals surface area contributed by atoms with Crippen molar-refractivity contribution in [2.75, 3.05) is 5.73 Å². The van der Waals surface area contributed by atoms with Gasteiger partial charge in [0.05, 0.1) is 23.1 Å². The van der Waals surface area contributed by atoms with Gasteiger partial charge in [-0.05, 0) is 29.8 Å². The smallest absolute Gasteiger partial charge is 0.490 e. The summed E-state index contributed by atoms with van der Waals surface area (Å²) in [5.41, 5.74) is 8.95. The molecule has 0 unspecified atom stereocenters. The van der Waals surface area contributed by atoms with E-state index in [1.807, 2.05) is 6.07 Å². The van der Waals surface area contributed by atoms with E-state index >= 15 is 0 Å². The molecule has 11 heteroatoms. The van der Waals surface area contributed by atoms with E-state index in [-0.39, 0.29) is 11.2 Å². The van der Waals surface area contributed by atoms with Gasteiger partial charge >= 0.3 is 7.12 Å². The summed E-state index contributed by atoms with van der Waals surface area (Å²) in [6.07, 6.45) is 3.23. The van der Waals surface area contributed by atoms with Crippen LogP contribution in [0.5, 0.6) is 5.75 Å². The Labute approximate surface area is 181 Å². The summed E-state index contributed by atoms with van der Waals surface area (Å²) in [6, 6.07) is 10.3. The van der Waals surface area contributed by atoms with Gasteiger partial charge in [0.15, 0.2) is 0 Å². The molecule has 0 atom stereocenters. The molecule has 4 aromatic rings. The maximum Gasteiger partial charge on any atom is 0.492 e. The molecule has 8 nitrogen and oxygen atoms in total. The van der Waals surface area contributed by atoms with E-state index in [0.717, 1.165) is 5.39 Å². The first kappa shape index (κ1) is 20.3. The van der Waals surface area contributed by atoms with Crippen molar-refractivity contribution in [2.24, 2.45) is 0 Å². The van der Waals surface area contributed by atoms with Crippen LogP contribution in [0.15, 0.2) is 55.0 Å². The van der Waals surface area contributed by atoms with Crippen LogP contribution in [-0.4, -0.2) is 49.2 Å². The molecule has 2 aromatic carbocycles. The summed E-state index contributed by atoms with van der Waals surface area (Å²) in [6.45, 7) is 0. The lowest BCUT2D eigenvalue weighted by molar-refractivity contribution is -0.134. The normalized spacial score (nSPS) is 15.5. The molecule has 0 radical (unpaired) electrons. The van der Waals surface area contributed by atoms with E-state index in [4.69, 9.17) is 10.5 Å². The Bertz CT molecular complexity index is 1290. The van der Waals surface area contributed by atoms with Crippen LogP contribution in [0.4, 0.5) is 14.5 Å². The molecule has 1 fully saturated rings. The number of nitrogen functional groups attached to an aromatic ring is 1. The molecule has 1 saturated carbocycles. The third kappa shape index (κ3) is 3.65. The average Bonchev–Trinajstić information content (AvgIpc) is 3.26. The van der Waals surface area contributed by atoms with Crippen LogP contribution in [0.25, 0.3) is 27.7 Å². The lowest BCUT2D eigenvalue weighted by Gasteiger charge is -2.35. The average molecular weight is 437 g/mol. The molecule has 0 spiro atoms. The number of hydrogen-bond acceptors (Lipinski definition) is 7. The number of nitrogens with two attached hydrogens (primary N) is 1. The van der Waals surface area contributed by atoms with Gasteiger partial charge in [0.2, 0.25) is 0 Å². The van der Waals surface area contributed by atoms with Gasteiger partial charge in [0.25, 0.3) is 5.92 Å². The van der Waals surface area contributed by atoms with Crippen molar-refractivity contribution >= 4 is 29.2 Å². The molecular weight excluding hydrogens is 419 g/mol. The maximum absolute atomic E-state index is 13.3. The van der Waals surface area contributed by atoms with Crippen molar-refractivity contribution in [2.45, 2.75) is 24.9 Å². The number of aromatic nitrogens is 4. The van der Waals surface area contributed by atoms with E-state index in [1.54, 1.807) is 47.4 Å². The fourth-order valence-corrected chi connectivity index (χ4v) is 3.84. The summed E-state index contributed by atoms with van der Waals surface area (Å²) in [7, 11) is -1.87. The maximum atomic E-state index is 13.3. The van der Waals surface area contributed by atoms with E-state index in [0.29, 0.717) is 28.0 Å². The summed E-state index contributed by atoms with van der Waals surface area (Å²) < 4.78 is 33.9. The minimum Gasteiger partial charge on any atom is -0.490 e. The second-order valence-electron chi connectivity index (χ2n) is 7.77. The molecule has 0 aliphatic heterocycles. The Kier molecular flexibility index (Phi) is 4.79. The first-order chi connectivity index (χ1) is 15.3. The number of halogens is 2. The predicted octanol–water partition coefficient (Wildman–Crippen LogP) is 1.92. The van der Waals surface area contributed by atoms with Gasteiger partial charge in [-0.1, -0.05) is 6.07 Å². The fourth-order valence-electron chi connectivity index (χ4n) is 3.84. The largest absolute Gasteiger partial charge is 0.492 e. The Balaban J connectivity index is 1.65. The number of fused-ring (bicyclic) bond motifs is 1. The van der Waals surface area contributed by atoms with E-state index < -0.39 is 32.0 Å². The van der Waals surface area contributed by atoms with Crippen molar-refractivity contribution in [1.29, 1.82) is 0 Å². The Morgan fingerprint density at radius 1 is 1.19 bits per heavy atom. The molecule has 32 heavy (non-hydrogen) atoms. The molecular formula is C21H18BF2N5O3. The van der Waals surface area contributed by atoms with Gasteiger partial charge in [-0.15, -0.1) is 0 Å². The summed E-state index contributed by atoms with van der Waals surface area (Å²) in [4.78, 5) is 0. The van der Waals surface area contributed by atoms with Gasteiger partial charge in [0, 0.05) is 47.7 Å². The number of anilines is 1. The number of hydrogen-bond donors (Lipinski definition) is 3. The molecule has 0 bridgehead atoms.